The Hall–Kier alpha value is -1.09. The summed E-state index contributed by atoms with van der Waals surface area (Å²) in [5, 5.41) is 4.57. The summed E-state index contributed by atoms with van der Waals surface area (Å²) in [7, 11) is 0. The predicted molar refractivity (Wildman–Crippen MR) is 67.7 cm³/mol. The van der Waals surface area contributed by atoms with Crippen molar-refractivity contribution < 1.29 is 0 Å². The monoisotopic (exact) mass is 220 g/mol. The molecule has 0 saturated heterocycles. The number of fused-ring (bicyclic) bond motifs is 1. The predicted octanol–water partition coefficient (Wildman–Crippen LogP) is 3.82. The van der Waals surface area contributed by atoms with E-state index in [0.717, 1.165) is 16.2 Å². The molecule has 2 nitrogen and oxygen atoms in total. The minimum atomic E-state index is 0.0960. The number of rotatable bonds is 1. The highest BCUT2D eigenvalue weighted by Crippen LogP contribution is 2.25. The summed E-state index contributed by atoms with van der Waals surface area (Å²) < 4.78 is 1.26. The van der Waals surface area contributed by atoms with Crippen LogP contribution in [0, 0.1) is 6.92 Å². The van der Waals surface area contributed by atoms with Gasteiger partial charge in [-0.2, -0.15) is 0 Å². The highest BCUT2D eigenvalue weighted by molar-refractivity contribution is 7.18. The zero-order valence-corrected chi connectivity index (χ0v) is 10.4. The number of nitrogens with one attached hydrogen (secondary N) is 1. The van der Waals surface area contributed by atoms with Crippen LogP contribution >= 0.6 is 11.3 Å². The van der Waals surface area contributed by atoms with Crippen molar-refractivity contribution in [1.82, 2.24) is 4.98 Å². The van der Waals surface area contributed by atoms with Crippen LogP contribution in [-0.2, 0) is 0 Å². The lowest BCUT2D eigenvalue weighted by molar-refractivity contribution is 0.634. The van der Waals surface area contributed by atoms with Crippen LogP contribution in [0.5, 0.6) is 0 Å². The molecule has 2 rings (SSSR count). The van der Waals surface area contributed by atoms with Gasteiger partial charge in [0.2, 0.25) is 0 Å². The summed E-state index contributed by atoms with van der Waals surface area (Å²) in [6.07, 6.45) is 0. The Balaban J connectivity index is 2.38. The van der Waals surface area contributed by atoms with Gasteiger partial charge in [0.15, 0.2) is 0 Å². The molecule has 0 aliphatic heterocycles. The first kappa shape index (κ1) is 10.4. The number of aryl methyl sites for hydroxylation is 1. The van der Waals surface area contributed by atoms with Crippen molar-refractivity contribution in [2.24, 2.45) is 0 Å². The molecule has 0 atom stereocenters. The molecule has 80 valence electrons. The fourth-order valence-electron chi connectivity index (χ4n) is 1.55. The summed E-state index contributed by atoms with van der Waals surface area (Å²) >= 11 is 1.74. The van der Waals surface area contributed by atoms with E-state index in [4.69, 9.17) is 0 Å². The Labute approximate surface area is 94.3 Å². The van der Waals surface area contributed by atoms with Gasteiger partial charge in [0.25, 0.3) is 0 Å². The lowest BCUT2D eigenvalue weighted by Crippen LogP contribution is -2.25. The fourth-order valence-corrected chi connectivity index (χ4v) is 2.36. The van der Waals surface area contributed by atoms with Crippen molar-refractivity contribution in [3.05, 3.63) is 23.2 Å². The number of hydrogen-bond acceptors (Lipinski definition) is 3. The van der Waals surface area contributed by atoms with Crippen LogP contribution in [0.4, 0.5) is 5.69 Å². The van der Waals surface area contributed by atoms with Crippen LogP contribution in [0.25, 0.3) is 10.2 Å². The minimum Gasteiger partial charge on any atom is -0.380 e. The van der Waals surface area contributed by atoms with Crippen molar-refractivity contribution in [2.45, 2.75) is 33.2 Å². The maximum absolute atomic E-state index is 4.48. The Bertz CT molecular complexity index is 480. The first-order valence-electron chi connectivity index (χ1n) is 5.09. The molecule has 0 fully saturated rings. The molecule has 0 spiro atoms. The highest BCUT2D eigenvalue weighted by Gasteiger charge is 2.10. The molecule has 3 heteroatoms. The van der Waals surface area contributed by atoms with E-state index in [1.807, 2.05) is 6.92 Å². The summed E-state index contributed by atoms with van der Waals surface area (Å²) in [6.45, 7) is 8.51. The van der Waals surface area contributed by atoms with Gasteiger partial charge in [-0.25, -0.2) is 4.98 Å². The van der Waals surface area contributed by atoms with Gasteiger partial charge >= 0.3 is 0 Å². The van der Waals surface area contributed by atoms with Gasteiger partial charge in [-0.1, -0.05) is 0 Å². The van der Waals surface area contributed by atoms with Crippen LogP contribution in [0.2, 0.25) is 0 Å². The van der Waals surface area contributed by atoms with Crippen LogP contribution in [0.3, 0.4) is 0 Å². The molecular formula is C12H16N2S. The van der Waals surface area contributed by atoms with E-state index in [-0.39, 0.29) is 5.54 Å². The summed E-state index contributed by atoms with van der Waals surface area (Å²) in [5.41, 5.74) is 2.32. The Morgan fingerprint density at radius 2 is 2.00 bits per heavy atom. The summed E-state index contributed by atoms with van der Waals surface area (Å²) in [4.78, 5) is 4.48. The topological polar surface area (TPSA) is 24.9 Å². The van der Waals surface area contributed by atoms with Crippen LogP contribution < -0.4 is 5.32 Å². The van der Waals surface area contributed by atoms with Crippen molar-refractivity contribution in [3.63, 3.8) is 0 Å². The molecule has 0 amide bonds. The smallest absolute Gasteiger partial charge is 0.0907 e. The van der Waals surface area contributed by atoms with E-state index in [0.29, 0.717) is 0 Å². The van der Waals surface area contributed by atoms with Crippen molar-refractivity contribution in [2.75, 3.05) is 5.32 Å². The number of benzene rings is 1. The van der Waals surface area contributed by atoms with Crippen molar-refractivity contribution >= 4 is 27.2 Å². The van der Waals surface area contributed by atoms with E-state index in [9.17, 15) is 0 Å². The highest BCUT2D eigenvalue weighted by atomic mass is 32.1. The molecule has 0 aliphatic carbocycles. The molecule has 0 radical (unpaired) electrons. The van der Waals surface area contributed by atoms with Gasteiger partial charge < -0.3 is 5.32 Å². The van der Waals surface area contributed by atoms with E-state index in [1.165, 1.54) is 4.70 Å². The van der Waals surface area contributed by atoms with Gasteiger partial charge in [0, 0.05) is 11.2 Å². The van der Waals surface area contributed by atoms with Crippen LogP contribution in [0.1, 0.15) is 25.8 Å². The molecule has 1 heterocycles. The largest absolute Gasteiger partial charge is 0.380 e. The van der Waals surface area contributed by atoms with Gasteiger partial charge in [-0.15, -0.1) is 11.3 Å². The first-order chi connectivity index (χ1) is 6.94. The second-order valence-electron chi connectivity index (χ2n) is 4.79. The maximum atomic E-state index is 4.48. The van der Waals surface area contributed by atoms with Gasteiger partial charge in [0.05, 0.1) is 15.2 Å². The zero-order valence-electron chi connectivity index (χ0n) is 9.59. The molecule has 2 aromatic rings. The van der Waals surface area contributed by atoms with Crippen molar-refractivity contribution in [1.29, 1.82) is 0 Å². The molecule has 0 unspecified atom stereocenters. The standard InChI is InChI=1S/C12H16N2S/c1-8-13-10-7-9(14-12(2,3)4)5-6-11(10)15-8/h5-7,14H,1-4H3. The Morgan fingerprint density at radius 3 is 2.67 bits per heavy atom. The Kier molecular flexibility index (Phi) is 2.43. The second-order valence-corrected chi connectivity index (χ2v) is 6.03. The molecule has 0 saturated carbocycles. The average Bonchev–Trinajstić information content (AvgIpc) is 2.40. The summed E-state index contributed by atoms with van der Waals surface area (Å²) in [6, 6.07) is 6.36. The number of thiazole rings is 1. The quantitative estimate of drug-likeness (QED) is 0.790. The third-order valence-corrected chi connectivity index (χ3v) is 2.97. The Morgan fingerprint density at radius 1 is 1.27 bits per heavy atom. The first-order valence-corrected chi connectivity index (χ1v) is 5.91. The third-order valence-electron chi connectivity index (χ3n) is 2.01. The van der Waals surface area contributed by atoms with E-state index in [1.54, 1.807) is 11.3 Å². The normalized spacial score (nSPS) is 12.0. The number of anilines is 1. The molecule has 1 N–H and O–H groups in total. The summed E-state index contributed by atoms with van der Waals surface area (Å²) in [5.74, 6) is 0. The zero-order chi connectivity index (χ0) is 11.1. The molecule has 1 aromatic heterocycles. The lowest BCUT2D eigenvalue weighted by Gasteiger charge is -2.21. The molecule has 0 bridgehead atoms. The number of nitrogens with zero attached hydrogens (tertiary/aromatic N) is 1. The third kappa shape index (κ3) is 2.48. The lowest BCUT2D eigenvalue weighted by atomic mass is 10.1. The molecule has 0 aliphatic rings. The SMILES string of the molecule is Cc1nc2cc(NC(C)(C)C)ccc2s1. The molecule has 15 heavy (non-hydrogen) atoms. The van der Waals surface area contributed by atoms with Crippen LogP contribution in [-0.4, -0.2) is 10.5 Å². The van der Waals surface area contributed by atoms with Gasteiger partial charge in [0.1, 0.15) is 0 Å². The second kappa shape index (κ2) is 3.49. The van der Waals surface area contributed by atoms with Crippen LogP contribution in [0.15, 0.2) is 18.2 Å². The van der Waals surface area contributed by atoms with Gasteiger partial charge in [-0.05, 0) is 45.9 Å². The fraction of sp³-hybridized carbons (Fsp3) is 0.417. The van der Waals surface area contributed by atoms with Gasteiger partial charge in [-0.3, -0.25) is 0 Å². The minimum absolute atomic E-state index is 0.0960. The number of aromatic nitrogens is 1. The van der Waals surface area contributed by atoms with E-state index < -0.39 is 0 Å². The van der Waals surface area contributed by atoms with Crippen molar-refractivity contribution in [3.8, 4) is 0 Å². The van der Waals surface area contributed by atoms with E-state index >= 15 is 0 Å². The maximum Gasteiger partial charge on any atom is 0.0907 e. The molecule has 1 aromatic carbocycles. The van der Waals surface area contributed by atoms with E-state index in [2.05, 4.69) is 49.3 Å². The average molecular weight is 220 g/mol. The molecular weight excluding hydrogens is 204 g/mol. The number of hydrogen-bond donors (Lipinski definition) is 1.